The van der Waals surface area contributed by atoms with Crippen LogP contribution in [0.5, 0.6) is 0 Å². The van der Waals surface area contributed by atoms with Crippen molar-refractivity contribution in [2.24, 2.45) is 10.9 Å². The fourth-order valence-corrected chi connectivity index (χ4v) is 5.46. The van der Waals surface area contributed by atoms with E-state index in [0.717, 1.165) is 44.9 Å². The van der Waals surface area contributed by atoms with E-state index in [2.05, 4.69) is 4.99 Å². The molecule has 108 valence electrons. The van der Waals surface area contributed by atoms with E-state index in [1.807, 2.05) is 6.92 Å². The average Bonchev–Trinajstić information content (AvgIpc) is 2.42. The number of carbonyl (C=O) groups excluding carboxylic acids is 1. The van der Waals surface area contributed by atoms with Crippen LogP contribution in [0.4, 0.5) is 0 Å². The van der Waals surface area contributed by atoms with Crippen molar-refractivity contribution >= 4 is 16.1 Å². The van der Waals surface area contributed by atoms with Gasteiger partial charge in [-0.05, 0) is 31.6 Å². The number of aliphatic imine (C=N–C) groups is 1. The minimum Gasteiger partial charge on any atom is -0.212 e. The highest BCUT2D eigenvalue weighted by Gasteiger charge is 2.40. The topological polar surface area (TPSA) is 66.8 Å². The minimum atomic E-state index is -3.33. The molecular weight excluding hydrogens is 264 g/mol. The largest absolute Gasteiger partial charge is 0.236 e. The quantitative estimate of drug-likeness (QED) is 0.589. The van der Waals surface area contributed by atoms with Crippen LogP contribution >= 0.6 is 0 Å². The lowest BCUT2D eigenvalue weighted by atomic mass is 9.98. The van der Waals surface area contributed by atoms with Gasteiger partial charge in [-0.25, -0.2) is 13.2 Å². The molecule has 0 radical (unpaired) electrons. The van der Waals surface area contributed by atoms with E-state index < -0.39 is 16.2 Å². The van der Waals surface area contributed by atoms with Crippen molar-refractivity contribution in [2.75, 3.05) is 6.54 Å². The molecule has 1 saturated heterocycles. The molecule has 19 heavy (non-hydrogen) atoms. The first-order chi connectivity index (χ1) is 9.07. The molecule has 2 fully saturated rings. The maximum atomic E-state index is 12.7. The molecule has 0 aromatic carbocycles. The Balaban J connectivity index is 2.23. The van der Waals surface area contributed by atoms with Gasteiger partial charge in [0.1, 0.15) is 6.17 Å². The highest BCUT2D eigenvalue weighted by atomic mass is 32.2. The molecule has 0 N–H and O–H groups in total. The van der Waals surface area contributed by atoms with Crippen LogP contribution in [0.15, 0.2) is 4.99 Å². The van der Waals surface area contributed by atoms with Crippen LogP contribution in [0.3, 0.4) is 0 Å². The summed E-state index contributed by atoms with van der Waals surface area (Å²) in [6.45, 7) is 2.44. The number of hydrogen-bond donors (Lipinski definition) is 0. The van der Waals surface area contributed by atoms with Crippen LogP contribution in [0.1, 0.15) is 51.9 Å². The van der Waals surface area contributed by atoms with Crippen molar-refractivity contribution in [1.82, 2.24) is 4.31 Å². The third-order valence-electron chi connectivity index (χ3n) is 4.33. The van der Waals surface area contributed by atoms with Gasteiger partial charge in [-0.3, -0.25) is 0 Å². The zero-order valence-corrected chi connectivity index (χ0v) is 12.2. The summed E-state index contributed by atoms with van der Waals surface area (Å²) in [5.74, 6) is 0.0913. The third kappa shape index (κ3) is 3.07. The van der Waals surface area contributed by atoms with Gasteiger partial charge >= 0.3 is 0 Å². The summed E-state index contributed by atoms with van der Waals surface area (Å²) in [6.07, 6.45) is 7.32. The zero-order chi connectivity index (χ0) is 13.9. The predicted molar refractivity (Wildman–Crippen MR) is 72.8 cm³/mol. The van der Waals surface area contributed by atoms with E-state index in [-0.39, 0.29) is 11.2 Å². The molecule has 1 saturated carbocycles. The molecular formula is C13H22N2O3S. The van der Waals surface area contributed by atoms with Crippen molar-refractivity contribution in [3.05, 3.63) is 0 Å². The van der Waals surface area contributed by atoms with Crippen molar-refractivity contribution in [3.8, 4) is 0 Å². The summed E-state index contributed by atoms with van der Waals surface area (Å²) >= 11 is 0. The third-order valence-corrected chi connectivity index (χ3v) is 6.69. The van der Waals surface area contributed by atoms with E-state index in [1.165, 1.54) is 4.31 Å². The number of sulfonamides is 1. The number of isocyanates is 1. The molecule has 0 aromatic rings. The number of nitrogens with zero attached hydrogens (tertiary/aromatic N) is 2. The Bertz CT molecular complexity index is 451. The van der Waals surface area contributed by atoms with Gasteiger partial charge in [0.2, 0.25) is 16.1 Å². The molecule has 5 nitrogen and oxygen atoms in total. The SMILES string of the molecule is CC1CCCN(S(=O)(=O)C2CCCCC2)C1N=C=O. The molecule has 2 aliphatic rings. The molecule has 0 bridgehead atoms. The Hall–Kier alpha value is -0.710. The summed E-state index contributed by atoms with van der Waals surface area (Å²) in [7, 11) is -3.33. The second kappa shape index (κ2) is 6.16. The van der Waals surface area contributed by atoms with Crippen LogP contribution in [0.2, 0.25) is 0 Å². The van der Waals surface area contributed by atoms with Gasteiger partial charge in [0.15, 0.2) is 0 Å². The van der Waals surface area contributed by atoms with Crippen LogP contribution in [0.25, 0.3) is 0 Å². The van der Waals surface area contributed by atoms with Crippen molar-refractivity contribution in [3.63, 3.8) is 0 Å². The monoisotopic (exact) mass is 286 g/mol. The zero-order valence-electron chi connectivity index (χ0n) is 11.4. The fourth-order valence-electron chi connectivity index (χ4n) is 3.21. The predicted octanol–water partition coefficient (Wildman–Crippen LogP) is 2.04. The first kappa shape index (κ1) is 14.7. The fraction of sp³-hybridized carbons (Fsp3) is 0.923. The lowest BCUT2D eigenvalue weighted by Crippen LogP contribution is -2.50. The summed E-state index contributed by atoms with van der Waals surface area (Å²) in [4.78, 5) is 14.3. The van der Waals surface area contributed by atoms with E-state index in [0.29, 0.717) is 6.54 Å². The van der Waals surface area contributed by atoms with E-state index in [9.17, 15) is 13.2 Å². The lowest BCUT2D eigenvalue weighted by molar-refractivity contribution is 0.190. The Morgan fingerprint density at radius 3 is 2.42 bits per heavy atom. The molecule has 0 spiro atoms. The average molecular weight is 286 g/mol. The normalized spacial score (nSPS) is 30.8. The molecule has 1 heterocycles. The van der Waals surface area contributed by atoms with Crippen LogP contribution < -0.4 is 0 Å². The highest BCUT2D eigenvalue weighted by Crippen LogP contribution is 2.32. The second-order valence-corrected chi connectivity index (χ2v) is 7.83. The molecule has 0 amide bonds. The van der Waals surface area contributed by atoms with E-state index >= 15 is 0 Å². The summed E-state index contributed by atoms with van der Waals surface area (Å²) in [5.41, 5.74) is 0. The summed E-state index contributed by atoms with van der Waals surface area (Å²) in [6, 6.07) is 0. The number of hydrogen-bond acceptors (Lipinski definition) is 4. The van der Waals surface area contributed by atoms with E-state index in [1.54, 1.807) is 6.08 Å². The number of rotatable bonds is 3. The van der Waals surface area contributed by atoms with Crippen molar-refractivity contribution in [1.29, 1.82) is 0 Å². The summed E-state index contributed by atoms with van der Waals surface area (Å²) in [5, 5.41) is -0.282. The van der Waals surface area contributed by atoms with Gasteiger partial charge < -0.3 is 0 Å². The van der Waals surface area contributed by atoms with E-state index in [4.69, 9.17) is 0 Å². The highest BCUT2D eigenvalue weighted by molar-refractivity contribution is 7.89. The Morgan fingerprint density at radius 1 is 1.11 bits per heavy atom. The molecule has 1 aliphatic carbocycles. The van der Waals surface area contributed by atoms with Gasteiger partial charge in [-0.1, -0.05) is 26.2 Å². The molecule has 0 aromatic heterocycles. The Morgan fingerprint density at radius 2 is 1.79 bits per heavy atom. The first-order valence-electron chi connectivity index (χ1n) is 7.15. The van der Waals surface area contributed by atoms with Gasteiger partial charge in [0.05, 0.1) is 5.25 Å². The van der Waals surface area contributed by atoms with Gasteiger partial charge in [0, 0.05) is 6.54 Å². The first-order valence-corrected chi connectivity index (χ1v) is 8.65. The van der Waals surface area contributed by atoms with Crippen molar-refractivity contribution < 1.29 is 13.2 Å². The standard InChI is InChI=1S/C13H22N2O3S/c1-11-6-5-9-15(13(11)14-10-16)19(17,18)12-7-3-2-4-8-12/h11-13H,2-9H2,1H3. The van der Waals surface area contributed by atoms with Gasteiger partial charge in [-0.15, -0.1) is 0 Å². The Labute approximate surface area is 115 Å². The van der Waals surface area contributed by atoms with Crippen molar-refractivity contribution in [2.45, 2.75) is 63.3 Å². The molecule has 6 heteroatoms. The van der Waals surface area contributed by atoms with Crippen LogP contribution in [-0.4, -0.2) is 36.8 Å². The maximum absolute atomic E-state index is 12.7. The minimum absolute atomic E-state index is 0.0913. The smallest absolute Gasteiger partial charge is 0.212 e. The van der Waals surface area contributed by atoms with Gasteiger partial charge in [-0.2, -0.15) is 9.30 Å². The van der Waals surface area contributed by atoms with Gasteiger partial charge in [0.25, 0.3) is 0 Å². The van der Waals surface area contributed by atoms with Crippen LogP contribution in [0, 0.1) is 5.92 Å². The molecule has 2 atom stereocenters. The Kier molecular flexibility index (Phi) is 4.76. The molecule has 1 aliphatic heterocycles. The van der Waals surface area contributed by atoms with Crippen LogP contribution in [-0.2, 0) is 14.8 Å². The second-order valence-electron chi connectivity index (χ2n) is 5.67. The maximum Gasteiger partial charge on any atom is 0.236 e. The number of piperidine rings is 1. The summed E-state index contributed by atoms with van der Waals surface area (Å²) < 4.78 is 26.9. The lowest BCUT2D eigenvalue weighted by Gasteiger charge is -2.38. The molecule has 2 unspecified atom stereocenters. The molecule has 2 rings (SSSR count).